The maximum atomic E-state index is 13.4. The van der Waals surface area contributed by atoms with E-state index < -0.39 is 17.5 Å². The molecule has 0 aliphatic carbocycles. The molecule has 0 saturated carbocycles. The van der Waals surface area contributed by atoms with Crippen LogP contribution in [-0.2, 0) is 19.8 Å². The molecule has 2 fully saturated rings. The Morgan fingerprint density at radius 3 is 2.79 bits per heavy atom. The molecule has 0 radical (unpaired) electrons. The number of allylic oxidation sites excluding steroid dienone is 1. The van der Waals surface area contributed by atoms with Crippen molar-refractivity contribution < 1.29 is 19.1 Å². The monoisotopic (exact) mass is 393 g/mol. The van der Waals surface area contributed by atoms with Gasteiger partial charge in [0.15, 0.2) is 0 Å². The van der Waals surface area contributed by atoms with E-state index in [-0.39, 0.29) is 17.7 Å². The van der Waals surface area contributed by atoms with Gasteiger partial charge in [0.1, 0.15) is 22.9 Å². The van der Waals surface area contributed by atoms with Gasteiger partial charge in [-0.2, -0.15) is 0 Å². The molecule has 7 nitrogen and oxygen atoms in total. The predicted octanol–water partition coefficient (Wildman–Crippen LogP) is 1.95. The first-order chi connectivity index (χ1) is 13.9. The van der Waals surface area contributed by atoms with Gasteiger partial charge in [-0.1, -0.05) is 17.7 Å². The number of piperazine rings is 1. The van der Waals surface area contributed by atoms with Crippen LogP contribution in [0.1, 0.15) is 32.3 Å². The summed E-state index contributed by atoms with van der Waals surface area (Å²) >= 11 is 0. The van der Waals surface area contributed by atoms with Crippen LogP contribution >= 0.6 is 0 Å². The van der Waals surface area contributed by atoms with E-state index >= 15 is 0 Å². The average molecular weight is 393 g/mol. The van der Waals surface area contributed by atoms with E-state index in [1.54, 1.807) is 35.1 Å². The maximum Gasteiger partial charge on any atom is 0.270 e. The number of nitrogens with zero attached hydrogens (tertiary/aromatic N) is 2. The Balaban J connectivity index is 1.73. The first-order valence-corrected chi connectivity index (χ1v) is 9.90. The molecular formula is C22H23N3O4. The summed E-state index contributed by atoms with van der Waals surface area (Å²) in [4.78, 5) is 43.2. The smallest absolute Gasteiger partial charge is 0.270 e. The second kappa shape index (κ2) is 5.95. The Bertz CT molecular complexity index is 1020. The number of rotatable bonds is 2. The zero-order valence-corrected chi connectivity index (χ0v) is 16.7. The lowest BCUT2D eigenvalue weighted by atomic mass is 9.75. The molecule has 7 heteroatoms. The number of ether oxygens (including phenoxy) is 1. The third-order valence-electron chi connectivity index (χ3n) is 6.41. The molecule has 1 aromatic carbocycles. The number of carbonyl (C=O) groups excluding carboxylic acids is 3. The third kappa shape index (κ3) is 2.21. The van der Waals surface area contributed by atoms with Crippen LogP contribution in [0.4, 0.5) is 5.69 Å². The highest BCUT2D eigenvalue weighted by atomic mass is 16.5. The van der Waals surface area contributed by atoms with Crippen LogP contribution in [0.3, 0.4) is 0 Å². The van der Waals surface area contributed by atoms with Gasteiger partial charge < -0.3 is 15.0 Å². The molecular weight excluding hydrogens is 370 g/mol. The minimum absolute atomic E-state index is 0.0949. The number of anilines is 1. The SMILES string of the molecule is COc1ccc2c(c1)NC(=O)[C@@]21C=C2C(=O)N3CCC[C@H]3C(=O)N2C1C=C(C)C. The fourth-order valence-electron chi connectivity index (χ4n) is 5.14. The van der Waals surface area contributed by atoms with E-state index in [0.717, 1.165) is 17.6 Å². The van der Waals surface area contributed by atoms with Gasteiger partial charge in [0.2, 0.25) is 5.91 Å². The Kier molecular flexibility index (Phi) is 3.69. The lowest BCUT2D eigenvalue weighted by Crippen LogP contribution is -2.59. The van der Waals surface area contributed by atoms with Crippen LogP contribution in [0.25, 0.3) is 0 Å². The number of carbonyl (C=O) groups is 3. The molecule has 4 aliphatic rings. The van der Waals surface area contributed by atoms with Crippen molar-refractivity contribution in [3.8, 4) is 5.75 Å². The zero-order chi connectivity index (χ0) is 20.5. The molecule has 29 heavy (non-hydrogen) atoms. The van der Waals surface area contributed by atoms with Crippen molar-refractivity contribution >= 4 is 23.4 Å². The molecule has 150 valence electrons. The molecule has 1 aromatic rings. The van der Waals surface area contributed by atoms with Crippen molar-refractivity contribution in [1.29, 1.82) is 0 Å². The van der Waals surface area contributed by atoms with Gasteiger partial charge >= 0.3 is 0 Å². The summed E-state index contributed by atoms with van der Waals surface area (Å²) in [7, 11) is 1.57. The quantitative estimate of drug-likeness (QED) is 0.779. The Labute approximate surface area is 169 Å². The molecule has 2 saturated heterocycles. The minimum atomic E-state index is -1.13. The molecule has 1 spiro atoms. The molecule has 0 aromatic heterocycles. The van der Waals surface area contributed by atoms with Gasteiger partial charge in [-0.25, -0.2) is 0 Å². The van der Waals surface area contributed by atoms with E-state index in [1.165, 1.54) is 0 Å². The summed E-state index contributed by atoms with van der Waals surface area (Å²) < 4.78 is 5.29. The summed E-state index contributed by atoms with van der Waals surface area (Å²) in [5, 5.41) is 2.94. The van der Waals surface area contributed by atoms with Gasteiger partial charge in [0, 0.05) is 18.3 Å². The largest absolute Gasteiger partial charge is 0.497 e. The molecule has 1 N–H and O–H groups in total. The number of methoxy groups -OCH3 is 1. The summed E-state index contributed by atoms with van der Waals surface area (Å²) in [6, 6.07) is 4.43. The molecule has 1 unspecified atom stereocenters. The highest BCUT2D eigenvalue weighted by molar-refractivity contribution is 6.14. The van der Waals surface area contributed by atoms with E-state index in [0.29, 0.717) is 30.1 Å². The van der Waals surface area contributed by atoms with Crippen molar-refractivity contribution in [3.05, 3.63) is 47.2 Å². The second-order valence-corrected chi connectivity index (χ2v) is 8.32. The first kappa shape index (κ1) is 18.0. The second-order valence-electron chi connectivity index (χ2n) is 8.32. The highest BCUT2D eigenvalue weighted by Gasteiger charge is 2.62. The van der Waals surface area contributed by atoms with Gasteiger partial charge in [-0.15, -0.1) is 0 Å². The summed E-state index contributed by atoms with van der Waals surface area (Å²) in [5.74, 6) is 0.148. The molecule has 0 bridgehead atoms. The number of amides is 3. The number of nitrogens with one attached hydrogen (secondary N) is 1. The fourth-order valence-corrected chi connectivity index (χ4v) is 5.14. The van der Waals surface area contributed by atoms with Crippen molar-refractivity contribution in [2.75, 3.05) is 19.0 Å². The molecule has 3 amide bonds. The minimum Gasteiger partial charge on any atom is -0.497 e. The van der Waals surface area contributed by atoms with E-state index in [4.69, 9.17) is 4.74 Å². The van der Waals surface area contributed by atoms with Crippen LogP contribution < -0.4 is 10.1 Å². The molecule has 5 rings (SSSR count). The van der Waals surface area contributed by atoms with Gasteiger partial charge in [-0.05, 0) is 44.4 Å². The molecule has 3 atom stereocenters. The summed E-state index contributed by atoms with van der Waals surface area (Å²) in [5.41, 5.74) is 1.58. The third-order valence-corrected chi connectivity index (χ3v) is 6.41. The maximum absolute atomic E-state index is 13.4. The Hall–Kier alpha value is -3.09. The predicted molar refractivity (Wildman–Crippen MR) is 106 cm³/mol. The number of hydrogen-bond acceptors (Lipinski definition) is 4. The van der Waals surface area contributed by atoms with Crippen molar-refractivity contribution in [2.45, 2.75) is 44.2 Å². The topological polar surface area (TPSA) is 79.0 Å². The molecule has 4 aliphatic heterocycles. The number of fused-ring (bicyclic) bond motifs is 4. The Morgan fingerprint density at radius 2 is 2.07 bits per heavy atom. The van der Waals surface area contributed by atoms with Gasteiger partial charge in [0.05, 0.1) is 13.2 Å². The van der Waals surface area contributed by atoms with Crippen LogP contribution in [0.2, 0.25) is 0 Å². The number of benzene rings is 1. The summed E-state index contributed by atoms with van der Waals surface area (Å²) in [6.45, 7) is 4.46. The van der Waals surface area contributed by atoms with Gasteiger partial charge in [0.25, 0.3) is 11.8 Å². The van der Waals surface area contributed by atoms with E-state index in [9.17, 15) is 14.4 Å². The normalized spacial score (nSPS) is 29.5. The van der Waals surface area contributed by atoms with Crippen molar-refractivity contribution in [2.24, 2.45) is 0 Å². The van der Waals surface area contributed by atoms with E-state index in [1.807, 2.05) is 26.0 Å². The first-order valence-electron chi connectivity index (χ1n) is 9.90. The van der Waals surface area contributed by atoms with E-state index in [2.05, 4.69) is 5.32 Å². The lowest BCUT2D eigenvalue weighted by molar-refractivity contribution is -0.149. The lowest BCUT2D eigenvalue weighted by Gasteiger charge is -2.40. The standard InChI is InChI=1S/C22H23N3O4/c1-12(2)9-18-22(14-7-6-13(29-3)10-15(14)23-21(22)28)11-17-19(26)24-8-4-5-16(24)20(27)25(17)18/h6-7,9-11,16,18H,4-5,8H2,1-3H3,(H,23,28)/t16-,18?,22-/m0/s1. The van der Waals surface area contributed by atoms with Crippen LogP contribution in [-0.4, -0.2) is 53.3 Å². The number of hydrogen-bond donors (Lipinski definition) is 1. The zero-order valence-electron chi connectivity index (χ0n) is 16.7. The van der Waals surface area contributed by atoms with Crippen molar-refractivity contribution in [1.82, 2.24) is 9.80 Å². The Morgan fingerprint density at radius 1 is 1.28 bits per heavy atom. The average Bonchev–Trinajstić information content (AvgIpc) is 3.36. The molecule has 4 heterocycles. The van der Waals surface area contributed by atoms with Gasteiger partial charge in [-0.3, -0.25) is 19.3 Å². The fraction of sp³-hybridized carbons (Fsp3) is 0.409. The van der Waals surface area contributed by atoms with Crippen LogP contribution in [0.15, 0.2) is 41.6 Å². The highest BCUT2D eigenvalue weighted by Crippen LogP contribution is 2.51. The van der Waals surface area contributed by atoms with Crippen LogP contribution in [0.5, 0.6) is 5.75 Å². The van der Waals surface area contributed by atoms with Crippen LogP contribution in [0, 0.1) is 0 Å². The van der Waals surface area contributed by atoms with Crippen molar-refractivity contribution in [3.63, 3.8) is 0 Å². The summed E-state index contributed by atoms with van der Waals surface area (Å²) in [6.07, 6.45) is 5.13.